The minimum absolute atomic E-state index is 0.648. The lowest BCUT2D eigenvalue weighted by atomic mass is 10.1. The Morgan fingerprint density at radius 3 is 2.80 bits per heavy atom. The maximum atomic E-state index is 6.20. The van der Waals surface area contributed by atoms with Crippen molar-refractivity contribution in [2.75, 3.05) is 18.5 Å². The molecule has 3 heteroatoms. The summed E-state index contributed by atoms with van der Waals surface area (Å²) in [5, 5.41) is 0.838. The van der Waals surface area contributed by atoms with Gasteiger partial charge in [0.15, 0.2) is 0 Å². The molecule has 1 fully saturated rings. The van der Waals surface area contributed by atoms with E-state index < -0.39 is 0 Å². The van der Waals surface area contributed by atoms with Gasteiger partial charge in [-0.1, -0.05) is 17.7 Å². The van der Waals surface area contributed by atoms with Crippen LogP contribution in [0.25, 0.3) is 0 Å². The van der Waals surface area contributed by atoms with E-state index in [1.54, 1.807) is 0 Å². The lowest BCUT2D eigenvalue weighted by molar-refractivity contribution is 0.888. The van der Waals surface area contributed by atoms with E-state index in [-0.39, 0.29) is 0 Å². The molecule has 1 saturated carbocycles. The van der Waals surface area contributed by atoms with Gasteiger partial charge in [-0.3, -0.25) is 0 Å². The maximum absolute atomic E-state index is 6.20. The number of hydrogen-bond donors (Lipinski definition) is 1. The Kier molecular flexibility index (Phi) is 3.17. The molecule has 82 valence electrons. The Morgan fingerprint density at radius 2 is 2.20 bits per heavy atom. The highest BCUT2D eigenvalue weighted by atomic mass is 35.5. The topological polar surface area (TPSA) is 29.3 Å². The quantitative estimate of drug-likeness (QED) is 0.852. The maximum Gasteiger partial charge on any atom is 0.0459 e. The molecule has 2 N–H and O–H groups in total. The third-order valence-corrected chi connectivity index (χ3v) is 3.32. The summed E-state index contributed by atoms with van der Waals surface area (Å²) in [6, 6.07) is 6.79. The minimum atomic E-state index is 0.648. The smallest absolute Gasteiger partial charge is 0.0459 e. The first-order valence-electron chi connectivity index (χ1n) is 5.44. The average Bonchev–Trinajstić information content (AvgIpc) is 3.04. The van der Waals surface area contributed by atoms with Crippen LogP contribution in [0.2, 0.25) is 5.02 Å². The van der Waals surface area contributed by atoms with E-state index >= 15 is 0 Å². The van der Waals surface area contributed by atoms with E-state index in [0.717, 1.165) is 11.4 Å². The summed E-state index contributed by atoms with van der Waals surface area (Å²) in [5.74, 6) is 0. The molecule has 1 aliphatic carbocycles. The molecule has 2 rings (SSSR count). The number of nitrogens with zero attached hydrogens (tertiary/aromatic N) is 1. The zero-order valence-corrected chi connectivity index (χ0v) is 9.80. The van der Waals surface area contributed by atoms with E-state index in [9.17, 15) is 0 Å². The molecule has 0 unspecified atom stereocenters. The molecular weight excluding hydrogens is 208 g/mol. The van der Waals surface area contributed by atoms with Gasteiger partial charge in [-0.15, -0.1) is 0 Å². The highest BCUT2D eigenvalue weighted by Gasteiger charge is 2.27. The largest absolute Gasteiger partial charge is 0.371 e. The monoisotopic (exact) mass is 224 g/mol. The van der Waals surface area contributed by atoms with Gasteiger partial charge in [0.05, 0.1) is 0 Å². The molecule has 0 saturated heterocycles. The number of anilines is 1. The number of halogens is 1. The van der Waals surface area contributed by atoms with Crippen molar-refractivity contribution in [2.45, 2.75) is 25.3 Å². The molecule has 2 nitrogen and oxygen atoms in total. The molecule has 1 aromatic carbocycles. The van der Waals surface area contributed by atoms with Gasteiger partial charge in [-0.2, -0.15) is 0 Å². The van der Waals surface area contributed by atoms with Crippen molar-refractivity contribution in [1.29, 1.82) is 0 Å². The first kappa shape index (κ1) is 10.8. The molecule has 0 spiro atoms. The fourth-order valence-electron chi connectivity index (χ4n) is 1.93. The predicted molar refractivity (Wildman–Crippen MR) is 65.6 cm³/mol. The van der Waals surface area contributed by atoms with Gasteiger partial charge in [0, 0.05) is 23.8 Å². The summed E-state index contributed by atoms with van der Waals surface area (Å²) in [5.41, 5.74) is 8.05. The van der Waals surface area contributed by atoms with E-state index in [4.69, 9.17) is 17.3 Å². The second-order valence-electron chi connectivity index (χ2n) is 4.12. The van der Waals surface area contributed by atoms with Crippen LogP contribution in [0.15, 0.2) is 18.2 Å². The van der Waals surface area contributed by atoms with Crippen molar-refractivity contribution >= 4 is 17.3 Å². The van der Waals surface area contributed by atoms with Gasteiger partial charge >= 0.3 is 0 Å². The molecule has 0 bridgehead atoms. The molecule has 1 aromatic rings. The molecule has 0 radical (unpaired) electrons. The van der Waals surface area contributed by atoms with Gasteiger partial charge in [-0.25, -0.2) is 0 Å². The summed E-state index contributed by atoms with van der Waals surface area (Å²) in [7, 11) is 2.14. The number of hydrogen-bond acceptors (Lipinski definition) is 2. The third-order valence-electron chi connectivity index (χ3n) is 2.96. The Hall–Kier alpha value is -0.730. The SMILES string of the molecule is CN(c1cccc(Cl)c1CCN)C1CC1. The summed E-state index contributed by atoms with van der Waals surface area (Å²) >= 11 is 6.20. The number of benzene rings is 1. The molecule has 0 atom stereocenters. The molecule has 15 heavy (non-hydrogen) atoms. The van der Waals surface area contributed by atoms with E-state index in [0.29, 0.717) is 12.6 Å². The Morgan fingerprint density at radius 1 is 1.47 bits per heavy atom. The van der Waals surface area contributed by atoms with Crippen LogP contribution in [0, 0.1) is 0 Å². The highest BCUT2D eigenvalue weighted by molar-refractivity contribution is 6.31. The highest BCUT2D eigenvalue weighted by Crippen LogP contribution is 2.34. The van der Waals surface area contributed by atoms with Crippen LogP contribution in [0.5, 0.6) is 0 Å². The van der Waals surface area contributed by atoms with Crippen molar-refractivity contribution in [3.63, 3.8) is 0 Å². The van der Waals surface area contributed by atoms with Gasteiger partial charge in [0.1, 0.15) is 0 Å². The second-order valence-corrected chi connectivity index (χ2v) is 4.53. The zero-order chi connectivity index (χ0) is 10.8. The summed E-state index contributed by atoms with van der Waals surface area (Å²) in [6.45, 7) is 0.648. The molecular formula is C12H17ClN2. The normalized spacial score (nSPS) is 15.4. The van der Waals surface area contributed by atoms with Crippen molar-refractivity contribution in [3.05, 3.63) is 28.8 Å². The van der Waals surface area contributed by atoms with Gasteiger partial charge in [0.2, 0.25) is 0 Å². The molecule has 0 aliphatic heterocycles. The Balaban J connectivity index is 2.31. The number of rotatable bonds is 4. The summed E-state index contributed by atoms with van der Waals surface area (Å²) < 4.78 is 0. The van der Waals surface area contributed by atoms with Crippen LogP contribution in [-0.4, -0.2) is 19.6 Å². The average molecular weight is 225 g/mol. The van der Waals surface area contributed by atoms with Crippen LogP contribution >= 0.6 is 11.6 Å². The summed E-state index contributed by atoms with van der Waals surface area (Å²) in [4.78, 5) is 2.33. The molecule has 0 heterocycles. The van der Waals surface area contributed by atoms with Crippen LogP contribution in [0.4, 0.5) is 5.69 Å². The Bertz CT molecular complexity index is 347. The van der Waals surface area contributed by atoms with E-state index in [2.05, 4.69) is 18.0 Å². The van der Waals surface area contributed by atoms with Crippen LogP contribution in [0.1, 0.15) is 18.4 Å². The van der Waals surface area contributed by atoms with Crippen LogP contribution in [0.3, 0.4) is 0 Å². The molecule has 0 amide bonds. The Labute approximate surface area is 96.0 Å². The standard InChI is InChI=1S/C12H17ClN2/c1-15(9-5-6-9)12-4-2-3-11(13)10(12)7-8-14/h2-4,9H,5-8,14H2,1H3. The van der Waals surface area contributed by atoms with E-state index in [1.165, 1.54) is 24.1 Å². The van der Waals surface area contributed by atoms with Gasteiger partial charge in [-0.05, 0) is 43.5 Å². The van der Waals surface area contributed by atoms with Crippen molar-refractivity contribution < 1.29 is 0 Å². The fraction of sp³-hybridized carbons (Fsp3) is 0.500. The van der Waals surface area contributed by atoms with Crippen LogP contribution in [-0.2, 0) is 6.42 Å². The molecule has 0 aromatic heterocycles. The van der Waals surface area contributed by atoms with Crippen molar-refractivity contribution in [3.8, 4) is 0 Å². The van der Waals surface area contributed by atoms with Crippen molar-refractivity contribution in [1.82, 2.24) is 0 Å². The van der Waals surface area contributed by atoms with Gasteiger partial charge < -0.3 is 10.6 Å². The predicted octanol–water partition coefficient (Wildman–Crippen LogP) is 2.44. The fourth-order valence-corrected chi connectivity index (χ4v) is 2.19. The lowest BCUT2D eigenvalue weighted by Crippen LogP contribution is -2.21. The minimum Gasteiger partial charge on any atom is -0.371 e. The lowest BCUT2D eigenvalue weighted by Gasteiger charge is -2.22. The zero-order valence-electron chi connectivity index (χ0n) is 9.04. The first-order chi connectivity index (χ1) is 7.24. The summed E-state index contributed by atoms with van der Waals surface area (Å²) in [6.07, 6.45) is 3.45. The third kappa shape index (κ3) is 2.27. The molecule has 1 aliphatic rings. The van der Waals surface area contributed by atoms with Gasteiger partial charge in [0.25, 0.3) is 0 Å². The first-order valence-corrected chi connectivity index (χ1v) is 5.82. The number of nitrogens with two attached hydrogens (primary N) is 1. The van der Waals surface area contributed by atoms with E-state index in [1.807, 2.05) is 12.1 Å². The second kappa shape index (κ2) is 4.42. The van der Waals surface area contributed by atoms with Crippen LogP contribution < -0.4 is 10.6 Å². The van der Waals surface area contributed by atoms with Crippen molar-refractivity contribution in [2.24, 2.45) is 5.73 Å².